The molecule has 0 heterocycles. The van der Waals surface area contributed by atoms with E-state index in [1.807, 2.05) is 44.2 Å². The predicted molar refractivity (Wildman–Crippen MR) is 101 cm³/mol. The molecule has 0 fully saturated rings. The molecule has 1 amide bonds. The number of carbonyl (C=O) groups excluding carboxylic acids is 2. The van der Waals surface area contributed by atoms with E-state index in [1.54, 1.807) is 4.90 Å². The second-order valence-corrected chi connectivity index (χ2v) is 6.19. The van der Waals surface area contributed by atoms with Crippen LogP contribution in [0.15, 0.2) is 48.5 Å². The third kappa shape index (κ3) is 4.91. The molecule has 0 bridgehead atoms. The van der Waals surface area contributed by atoms with Gasteiger partial charge in [-0.3, -0.25) is 14.9 Å². The zero-order chi connectivity index (χ0) is 20.0. The minimum atomic E-state index is -0.731. The smallest absolute Gasteiger partial charge is 0.338 e. The fourth-order valence-electron chi connectivity index (χ4n) is 2.67. The van der Waals surface area contributed by atoms with Crippen LogP contribution in [-0.2, 0) is 11.3 Å². The number of hydrogen-bond acceptors (Lipinski definition) is 5. The lowest BCUT2D eigenvalue weighted by Crippen LogP contribution is -2.37. The number of carbonyl (C=O) groups is 2. The van der Waals surface area contributed by atoms with Crippen LogP contribution in [0.25, 0.3) is 0 Å². The Morgan fingerprint density at radius 1 is 1.15 bits per heavy atom. The van der Waals surface area contributed by atoms with Gasteiger partial charge in [-0.25, -0.2) is 4.79 Å². The third-order valence-electron chi connectivity index (χ3n) is 4.38. The van der Waals surface area contributed by atoms with Gasteiger partial charge in [0, 0.05) is 30.3 Å². The second kappa shape index (κ2) is 8.93. The Labute approximate surface area is 157 Å². The molecule has 0 radical (unpaired) electrons. The molecule has 2 aromatic carbocycles. The molecule has 27 heavy (non-hydrogen) atoms. The van der Waals surface area contributed by atoms with Crippen LogP contribution in [-0.4, -0.2) is 34.9 Å². The van der Waals surface area contributed by atoms with Gasteiger partial charge in [-0.2, -0.15) is 0 Å². The highest BCUT2D eigenvalue weighted by atomic mass is 16.6. The molecule has 1 unspecified atom stereocenters. The standard InChI is InChI=1S/C20H22N2O5/c1-4-14(2)21(13-15-8-6-5-7-9-15)19(23)16-10-17(20(24)27-3)12-18(11-16)22(25)26/h5-12,14H,4,13H2,1-3H3. The number of methoxy groups -OCH3 is 1. The first-order valence-corrected chi connectivity index (χ1v) is 8.60. The first-order chi connectivity index (χ1) is 12.9. The number of nitro groups is 1. The fourth-order valence-corrected chi connectivity index (χ4v) is 2.67. The highest BCUT2D eigenvalue weighted by Crippen LogP contribution is 2.22. The van der Waals surface area contributed by atoms with Gasteiger partial charge in [0.15, 0.2) is 0 Å². The maximum Gasteiger partial charge on any atom is 0.338 e. The molecule has 1 atom stereocenters. The lowest BCUT2D eigenvalue weighted by Gasteiger charge is -2.29. The Morgan fingerprint density at radius 3 is 2.33 bits per heavy atom. The molecular formula is C20H22N2O5. The molecule has 0 aliphatic carbocycles. The summed E-state index contributed by atoms with van der Waals surface area (Å²) in [6.07, 6.45) is 0.720. The number of non-ortho nitro benzene ring substituents is 1. The molecule has 0 aromatic heterocycles. The van der Waals surface area contributed by atoms with E-state index < -0.39 is 10.9 Å². The van der Waals surface area contributed by atoms with E-state index in [9.17, 15) is 19.7 Å². The first kappa shape index (κ1) is 20.1. The normalized spacial score (nSPS) is 11.5. The molecule has 0 aliphatic rings. The summed E-state index contributed by atoms with van der Waals surface area (Å²) >= 11 is 0. The van der Waals surface area contributed by atoms with Gasteiger partial charge in [0.05, 0.1) is 17.6 Å². The van der Waals surface area contributed by atoms with E-state index in [-0.39, 0.29) is 28.8 Å². The molecule has 0 saturated carbocycles. The summed E-state index contributed by atoms with van der Waals surface area (Å²) in [5.74, 6) is -1.10. The van der Waals surface area contributed by atoms with E-state index in [2.05, 4.69) is 4.74 Å². The van der Waals surface area contributed by atoms with Crippen molar-refractivity contribution in [3.63, 3.8) is 0 Å². The molecule has 7 heteroatoms. The SMILES string of the molecule is CCC(C)N(Cc1ccccc1)C(=O)c1cc(C(=O)OC)cc([N+](=O)[O-])c1. The zero-order valence-electron chi connectivity index (χ0n) is 15.5. The van der Waals surface area contributed by atoms with Gasteiger partial charge in [-0.1, -0.05) is 37.3 Å². The van der Waals surface area contributed by atoms with Crippen LogP contribution in [0.1, 0.15) is 46.5 Å². The second-order valence-electron chi connectivity index (χ2n) is 6.19. The van der Waals surface area contributed by atoms with Crippen molar-refractivity contribution in [1.82, 2.24) is 4.90 Å². The lowest BCUT2D eigenvalue weighted by atomic mass is 10.1. The minimum Gasteiger partial charge on any atom is -0.465 e. The molecule has 0 aliphatic heterocycles. The van der Waals surface area contributed by atoms with Crippen molar-refractivity contribution in [3.8, 4) is 0 Å². The third-order valence-corrected chi connectivity index (χ3v) is 4.38. The molecule has 0 spiro atoms. The van der Waals surface area contributed by atoms with Crippen LogP contribution in [0.4, 0.5) is 5.69 Å². The number of nitro benzene ring substituents is 1. The van der Waals surface area contributed by atoms with Gasteiger partial charge in [0.25, 0.3) is 11.6 Å². The zero-order valence-corrected chi connectivity index (χ0v) is 15.5. The highest BCUT2D eigenvalue weighted by Gasteiger charge is 2.24. The van der Waals surface area contributed by atoms with Gasteiger partial charge in [0.2, 0.25) is 0 Å². The monoisotopic (exact) mass is 370 g/mol. The molecule has 7 nitrogen and oxygen atoms in total. The van der Waals surface area contributed by atoms with Crippen molar-refractivity contribution in [2.75, 3.05) is 7.11 Å². The molecular weight excluding hydrogens is 348 g/mol. The van der Waals surface area contributed by atoms with Gasteiger partial charge < -0.3 is 9.64 Å². The van der Waals surface area contributed by atoms with Gasteiger partial charge >= 0.3 is 5.97 Å². The Hall–Kier alpha value is -3.22. The quantitative estimate of drug-likeness (QED) is 0.420. The summed E-state index contributed by atoms with van der Waals surface area (Å²) in [6.45, 7) is 4.24. The summed E-state index contributed by atoms with van der Waals surface area (Å²) < 4.78 is 4.64. The van der Waals surface area contributed by atoms with Crippen LogP contribution >= 0.6 is 0 Å². The van der Waals surface area contributed by atoms with Crippen LogP contribution in [0, 0.1) is 10.1 Å². The first-order valence-electron chi connectivity index (χ1n) is 8.60. The molecule has 2 rings (SSSR count). The molecule has 0 saturated heterocycles. The van der Waals surface area contributed by atoms with Gasteiger partial charge in [0.1, 0.15) is 0 Å². The fraction of sp³-hybridized carbons (Fsp3) is 0.300. The largest absolute Gasteiger partial charge is 0.465 e. The van der Waals surface area contributed by atoms with Crippen molar-refractivity contribution in [3.05, 3.63) is 75.3 Å². The average Bonchev–Trinajstić information content (AvgIpc) is 2.70. The summed E-state index contributed by atoms with van der Waals surface area (Å²) in [5.41, 5.74) is 0.675. The van der Waals surface area contributed by atoms with Crippen LogP contribution in [0.3, 0.4) is 0 Å². The van der Waals surface area contributed by atoms with E-state index >= 15 is 0 Å². The summed E-state index contributed by atoms with van der Waals surface area (Å²) in [7, 11) is 1.18. The number of esters is 1. The number of ether oxygens (including phenoxy) is 1. The Balaban J connectivity index is 2.45. The number of nitrogens with zero attached hydrogens (tertiary/aromatic N) is 2. The van der Waals surface area contributed by atoms with E-state index in [4.69, 9.17) is 0 Å². The predicted octanol–water partition coefficient (Wildman–Crippen LogP) is 3.82. The van der Waals surface area contributed by atoms with Crippen LogP contribution in [0.2, 0.25) is 0 Å². The Kier molecular flexibility index (Phi) is 6.65. The molecule has 2 aromatic rings. The van der Waals surface area contributed by atoms with Gasteiger partial charge in [-0.15, -0.1) is 0 Å². The van der Waals surface area contributed by atoms with Crippen molar-refractivity contribution in [2.24, 2.45) is 0 Å². The Morgan fingerprint density at radius 2 is 1.78 bits per heavy atom. The molecule has 142 valence electrons. The van der Waals surface area contributed by atoms with Crippen LogP contribution in [0.5, 0.6) is 0 Å². The number of amides is 1. The van der Waals surface area contributed by atoms with Crippen molar-refractivity contribution >= 4 is 17.6 Å². The Bertz CT molecular complexity index is 836. The topological polar surface area (TPSA) is 89.8 Å². The minimum absolute atomic E-state index is 0.0288. The average molecular weight is 370 g/mol. The molecule has 0 N–H and O–H groups in total. The summed E-state index contributed by atoms with van der Waals surface area (Å²) in [5, 5.41) is 11.2. The van der Waals surface area contributed by atoms with E-state index in [1.165, 1.54) is 19.2 Å². The van der Waals surface area contributed by atoms with Crippen molar-refractivity contribution in [1.29, 1.82) is 0 Å². The number of benzene rings is 2. The highest BCUT2D eigenvalue weighted by molar-refractivity contribution is 5.99. The van der Waals surface area contributed by atoms with Crippen molar-refractivity contribution < 1.29 is 19.2 Å². The van der Waals surface area contributed by atoms with Gasteiger partial charge in [-0.05, 0) is 25.0 Å². The summed E-state index contributed by atoms with van der Waals surface area (Å²) in [4.78, 5) is 37.2. The maximum absolute atomic E-state index is 13.1. The number of rotatable bonds is 7. The summed E-state index contributed by atoms with van der Waals surface area (Å²) in [6, 6.07) is 13.0. The van der Waals surface area contributed by atoms with E-state index in [0.29, 0.717) is 6.54 Å². The van der Waals surface area contributed by atoms with Crippen LogP contribution < -0.4 is 0 Å². The van der Waals surface area contributed by atoms with Crippen molar-refractivity contribution in [2.45, 2.75) is 32.9 Å². The lowest BCUT2D eigenvalue weighted by molar-refractivity contribution is -0.384. The van der Waals surface area contributed by atoms with E-state index in [0.717, 1.165) is 18.1 Å². The maximum atomic E-state index is 13.1. The number of hydrogen-bond donors (Lipinski definition) is 0.